The molecule has 1 aliphatic rings. The Morgan fingerprint density at radius 2 is 1.96 bits per heavy atom. The van der Waals surface area contributed by atoms with Crippen LogP contribution in [-0.2, 0) is 10.0 Å². The predicted octanol–water partition coefficient (Wildman–Crippen LogP) is 1.47. The molecule has 3 aromatic heterocycles. The largest absolute Gasteiger partial charge is 0.428 e. The van der Waals surface area contributed by atoms with Gasteiger partial charge in [0.25, 0.3) is 15.6 Å². The third-order valence-electron chi connectivity index (χ3n) is 3.66. The number of hydrogen-bond donors (Lipinski definition) is 0. The second-order valence-corrected chi connectivity index (χ2v) is 7.81. The van der Waals surface area contributed by atoms with Gasteiger partial charge in [-0.25, -0.2) is 18.2 Å². The van der Waals surface area contributed by atoms with Gasteiger partial charge < -0.3 is 4.42 Å². The molecule has 0 unspecified atom stereocenters. The fourth-order valence-electron chi connectivity index (χ4n) is 2.52. The Morgan fingerprint density at radius 3 is 2.64 bits per heavy atom. The lowest BCUT2D eigenvalue weighted by molar-refractivity contribution is 0.469. The Hall–Kier alpha value is -2.43. The van der Waals surface area contributed by atoms with Gasteiger partial charge in [-0.1, -0.05) is 6.07 Å². The van der Waals surface area contributed by atoms with Crippen LogP contribution in [0.25, 0.3) is 16.5 Å². The minimum Gasteiger partial charge on any atom is -0.406 e. The van der Waals surface area contributed by atoms with Gasteiger partial charge in [0.1, 0.15) is 10.7 Å². The monoisotopic (exact) mass is 399 g/mol. The van der Waals surface area contributed by atoms with E-state index in [4.69, 9.17) is 4.42 Å². The van der Waals surface area contributed by atoms with Crippen LogP contribution in [0.15, 0.2) is 54.7 Å². The quantitative estimate of drug-likeness (QED) is 0.614. The maximum absolute atomic E-state index is 12.8. The number of thiophene rings is 1. The lowest BCUT2D eigenvalue weighted by Gasteiger charge is -2.25. The van der Waals surface area contributed by atoms with Crippen molar-refractivity contribution in [3.63, 3.8) is 0 Å². The number of fused-ring (bicyclic) bond motifs is 3. The Morgan fingerprint density at radius 1 is 1.20 bits per heavy atom. The molecule has 4 rings (SSSR count). The summed E-state index contributed by atoms with van der Waals surface area (Å²) < 4.78 is 32.0. The second-order valence-electron chi connectivity index (χ2n) is 4.96. The Bertz CT molecular complexity index is 1180. The summed E-state index contributed by atoms with van der Waals surface area (Å²) in [4.78, 5) is 29.3. The molecule has 25 heavy (non-hydrogen) atoms. The van der Waals surface area contributed by atoms with Crippen LogP contribution in [-0.4, -0.2) is 25.0 Å². The van der Waals surface area contributed by atoms with Crippen molar-refractivity contribution < 1.29 is 12.8 Å². The van der Waals surface area contributed by atoms with E-state index in [-0.39, 0.29) is 39.4 Å². The molecule has 0 spiro atoms. The van der Waals surface area contributed by atoms with Gasteiger partial charge in [-0.2, -0.15) is 4.57 Å². The number of aromatic nitrogens is 2. The predicted molar refractivity (Wildman–Crippen MR) is 94.5 cm³/mol. The van der Waals surface area contributed by atoms with Crippen LogP contribution in [0.1, 0.15) is 0 Å². The summed E-state index contributed by atoms with van der Waals surface area (Å²) in [5.41, 5.74) is -1.01. The first-order valence-corrected chi connectivity index (χ1v) is 9.03. The van der Waals surface area contributed by atoms with E-state index in [1.165, 1.54) is 25.4 Å². The summed E-state index contributed by atoms with van der Waals surface area (Å²) in [6.07, 6.45) is 1.42. The highest BCUT2D eigenvalue weighted by molar-refractivity contribution is 7.93. The Labute approximate surface area is 151 Å². The molecule has 0 amide bonds. The summed E-state index contributed by atoms with van der Waals surface area (Å²) >= 11 is 1.09. The van der Waals surface area contributed by atoms with Crippen molar-refractivity contribution in [2.45, 2.75) is 4.90 Å². The first kappa shape index (κ1) is 17.4. The molecule has 0 atom stereocenters. The third-order valence-corrected chi connectivity index (χ3v) is 6.50. The summed E-state index contributed by atoms with van der Waals surface area (Å²) in [7, 11) is -2.63. The molecular weight excluding hydrogens is 390 g/mol. The van der Waals surface area contributed by atoms with Gasteiger partial charge in [0.15, 0.2) is 11.4 Å². The fraction of sp³-hybridized carbons (Fsp3) is 0.0714. The van der Waals surface area contributed by atoms with Crippen LogP contribution in [0.3, 0.4) is 0 Å². The maximum atomic E-state index is 12.8. The number of halogens is 1. The van der Waals surface area contributed by atoms with Gasteiger partial charge in [-0.15, -0.1) is 23.7 Å². The highest BCUT2D eigenvalue weighted by atomic mass is 35.5. The number of hydrogen-bond acceptors (Lipinski definition) is 7. The molecule has 0 aromatic carbocycles. The fourth-order valence-corrected chi connectivity index (χ4v) is 5.10. The molecule has 3 aromatic rings. The minimum absolute atomic E-state index is 0. The standard InChI is InChI=1S/C14H9N3O5S2.ClH/c1-16-10-11(12-8(5-7-23-12)24(16,20)21)22-14(19)17(13(10)18)9-4-2-3-6-15-9;/h2-7H,1H3;1H. The zero-order valence-corrected chi connectivity index (χ0v) is 15.0. The maximum Gasteiger partial charge on any atom is 0.428 e. The molecule has 0 saturated heterocycles. The lowest BCUT2D eigenvalue weighted by Crippen LogP contribution is -2.40. The normalized spacial score (nSPS) is 14.4. The van der Waals surface area contributed by atoms with E-state index < -0.39 is 21.3 Å². The van der Waals surface area contributed by atoms with E-state index >= 15 is 0 Å². The average molecular weight is 400 g/mol. The van der Waals surface area contributed by atoms with Crippen molar-refractivity contribution >= 4 is 39.5 Å². The molecule has 0 radical (unpaired) electrons. The molecule has 0 fully saturated rings. The molecule has 0 saturated carbocycles. The number of rotatable bonds is 1. The average Bonchev–Trinajstić information content (AvgIpc) is 3.04. The molecule has 0 aliphatic carbocycles. The molecule has 1 aliphatic heterocycles. The van der Waals surface area contributed by atoms with E-state index in [1.54, 1.807) is 17.5 Å². The van der Waals surface area contributed by atoms with Gasteiger partial charge in [0.2, 0.25) is 0 Å². The van der Waals surface area contributed by atoms with Crippen molar-refractivity contribution in [2.75, 3.05) is 11.4 Å². The topological polar surface area (TPSA) is 102 Å². The summed E-state index contributed by atoms with van der Waals surface area (Å²) in [5, 5.41) is 1.56. The Kier molecular flexibility index (Phi) is 4.06. The first-order valence-electron chi connectivity index (χ1n) is 6.71. The van der Waals surface area contributed by atoms with Crippen LogP contribution in [0.2, 0.25) is 0 Å². The zero-order valence-electron chi connectivity index (χ0n) is 12.6. The van der Waals surface area contributed by atoms with Crippen molar-refractivity contribution in [1.82, 2.24) is 9.55 Å². The smallest absolute Gasteiger partial charge is 0.406 e. The number of anilines is 1. The summed E-state index contributed by atoms with van der Waals surface area (Å²) in [6.45, 7) is 0. The van der Waals surface area contributed by atoms with Crippen LogP contribution in [0.5, 0.6) is 0 Å². The third kappa shape index (κ3) is 2.33. The van der Waals surface area contributed by atoms with E-state index in [0.29, 0.717) is 4.57 Å². The van der Waals surface area contributed by atoms with Gasteiger partial charge in [-0.05, 0) is 23.6 Å². The summed E-state index contributed by atoms with van der Waals surface area (Å²) in [5.74, 6) is -0.911. The molecule has 0 N–H and O–H groups in total. The number of nitrogens with zero attached hydrogens (tertiary/aromatic N) is 3. The zero-order chi connectivity index (χ0) is 17.1. The molecule has 130 valence electrons. The summed E-state index contributed by atoms with van der Waals surface area (Å²) in [6, 6.07) is 6.10. The molecular formula is C14H10ClN3O5S2. The number of pyridine rings is 1. The van der Waals surface area contributed by atoms with Crippen molar-refractivity contribution in [2.24, 2.45) is 0 Å². The minimum atomic E-state index is -3.88. The van der Waals surface area contributed by atoms with Crippen LogP contribution >= 0.6 is 23.7 Å². The highest BCUT2D eigenvalue weighted by Crippen LogP contribution is 2.42. The van der Waals surface area contributed by atoms with Crippen LogP contribution < -0.4 is 15.6 Å². The van der Waals surface area contributed by atoms with Crippen LogP contribution in [0.4, 0.5) is 5.69 Å². The van der Waals surface area contributed by atoms with E-state index in [0.717, 1.165) is 15.6 Å². The van der Waals surface area contributed by atoms with E-state index in [2.05, 4.69) is 4.98 Å². The van der Waals surface area contributed by atoms with Gasteiger partial charge >= 0.3 is 5.76 Å². The number of sulfonamides is 1. The van der Waals surface area contributed by atoms with Gasteiger partial charge in [0, 0.05) is 13.2 Å². The van der Waals surface area contributed by atoms with Crippen molar-refractivity contribution in [3.8, 4) is 16.5 Å². The first-order chi connectivity index (χ1) is 11.4. The van der Waals surface area contributed by atoms with Gasteiger partial charge in [0.05, 0.1) is 4.88 Å². The van der Waals surface area contributed by atoms with E-state index in [1.807, 2.05) is 0 Å². The van der Waals surface area contributed by atoms with Crippen LogP contribution in [0, 0.1) is 0 Å². The van der Waals surface area contributed by atoms with Crippen molar-refractivity contribution in [1.29, 1.82) is 0 Å². The van der Waals surface area contributed by atoms with Gasteiger partial charge in [-0.3, -0.25) is 9.10 Å². The van der Waals surface area contributed by atoms with E-state index in [9.17, 15) is 18.0 Å². The Balaban J connectivity index is 0.00000182. The molecule has 0 bridgehead atoms. The second kappa shape index (κ2) is 5.83. The molecule has 4 heterocycles. The molecule has 11 heteroatoms. The SMILES string of the molecule is CN1c2c(oc(=O)n(-c3ccccn3)c2=O)-c2sccc2S1(=O)=O.Cl. The lowest BCUT2D eigenvalue weighted by atomic mass is 10.3. The molecule has 8 nitrogen and oxygen atoms in total. The van der Waals surface area contributed by atoms with Crippen molar-refractivity contribution in [3.05, 3.63) is 56.7 Å². The highest BCUT2D eigenvalue weighted by Gasteiger charge is 2.38.